The fraction of sp³-hybridized carbons (Fsp3) is 0.533. The number of carbonyl (C=O) groups is 1. The monoisotopic (exact) mass is 312 g/mol. The number of hydrogen-bond acceptors (Lipinski definition) is 4. The fourth-order valence-corrected chi connectivity index (χ4v) is 2.63. The van der Waals surface area contributed by atoms with Gasteiger partial charge in [-0.2, -0.15) is 0 Å². The Morgan fingerprint density at radius 1 is 1.48 bits per heavy atom. The number of hydrogen-bond donors (Lipinski definition) is 2. The molecule has 116 valence electrons. The molecule has 1 amide bonds. The van der Waals surface area contributed by atoms with E-state index in [-0.39, 0.29) is 18.6 Å². The van der Waals surface area contributed by atoms with E-state index in [0.29, 0.717) is 30.3 Å². The summed E-state index contributed by atoms with van der Waals surface area (Å²) in [7, 11) is 0. The molecule has 1 heterocycles. The Balaban J connectivity index is 1.95. The van der Waals surface area contributed by atoms with Crippen molar-refractivity contribution < 1.29 is 14.6 Å². The summed E-state index contributed by atoms with van der Waals surface area (Å²) in [5, 5.41) is 12.7. The summed E-state index contributed by atoms with van der Waals surface area (Å²) < 4.78 is 5.28. The van der Waals surface area contributed by atoms with Crippen LogP contribution in [-0.4, -0.2) is 61.4 Å². The van der Waals surface area contributed by atoms with E-state index in [1.54, 1.807) is 12.1 Å². The lowest BCUT2D eigenvalue weighted by Crippen LogP contribution is -2.49. The van der Waals surface area contributed by atoms with Crippen molar-refractivity contribution in [2.75, 3.05) is 39.5 Å². The largest absolute Gasteiger partial charge is 0.394 e. The van der Waals surface area contributed by atoms with E-state index in [2.05, 4.69) is 10.2 Å². The molecule has 0 aromatic heterocycles. The van der Waals surface area contributed by atoms with Crippen molar-refractivity contribution in [2.24, 2.45) is 0 Å². The average molecular weight is 313 g/mol. The molecule has 0 spiro atoms. The lowest BCUT2D eigenvalue weighted by atomic mass is 10.1. The molecule has 2 rings (SSSR count). The van der Waals surface area contributed by atoms with Crippen molar-refractivity contribution in [3.63, 3.8) is 0 Å². The molecule has 1 saturated heterocycles. The van der Waals surface area contributed by atoms with Gasteiger partial charge in [0.25, 0.3) is 5.91 Å². The summed E-state index contributed by atoms with van der Waals surface area (Å²) in [5.41, 5.74) is 1.44. The second-order valence-corrected chi connectivity index (χ2v) is 5.66. The summed E-state index contributed by atoms with van der Waals surface area (Å²) in [6.07, 6.45) is 0. The lowest BCUT2D eigenvalue weighted by molar-refractivity contribution is 0.0297. The van der Waals surface area contributed by atoms with E-state index >= 15 is 0 Å². The van der Waals surface area contributed by atoms with E-state index in [9.17, 15) is 9.90 Å². The smallest absolute Gasteiger partial charge is 0.253 e. The first-order valence-electron chi connectivity index (χ1n) is 7.08. The summed E-state index contributed by atoms with van der Waals surface area (Å²) in [6, 6.07) is 4.99. The predicted molar refractivity (Wildman–Crippen MR) is 81.8 cm³/mol. The number of aryl methyl sites for hydroxylation is 1. The minimum Gasteiger partial charge on any atom is -0.394 e. The topological polar surface area (TPSA) is 61.8 Å². The number of aliphatic hydroxyl groups is 1. The zero-order valence-corrected chi connectivity index (χ0v) is 12.9. The number of rotatable bonds is 5. The van der Waals surface area contributed by atoms with Crippen molar-refractivity contribution in [3.8, 4) is 0 Å². The van der Waals surface area contributed by atoms with Gasteiger partial charge >= 0.3 is 0 Å². The molecule has 1 fully saturated rings. The van der Waals surface area contributed by atoms with Gasteiger partial charge in [-0.1, -0.05) is 17.7 Å². The Hall–Kier alpha value is -1.14. The molecule has 0 bridgehead atoms. The zero-order chi connectivity index (χ0) is 15.2. The molecule has 21 heavy (non-hydrogen) atoms. The van der Waals surface area contributed by atoms with E-state index in [4.69, 9.17) is 16.3 Å². The van der Waals surface area contributed by atoms with Crippen LogP contribution in [0.15, 0.2) is 18.2 Å². The first-order valence-corrected chi connectivity index (χ1v) is 7.46. The molecule has 2 N–H and O–H groups in total. The number of carbonyl (C=O) groups excluding carboxylic acids is 1. The van der Waals surface area contributed by atoms with Crippen LogP contribution in [0.1, 0.15) is 15.9 Å². The van der Waals surface area contributed by atoms with E-state index in [1.165, 1.54) is 0 Å². The van der Waals surface area contributed by atoms with Crippen molar-refractivity contribution in [1.82, 2.24) is 10.2 Å². The molecule has 1 atom stereocenters. The van der Waals surface area contributed by atoms with Crippen LogP contribution >= 0.6 is 11.6 Å². The molecule has 1 aliphatic heterocycles. The number of nitrogens with one attached hydrogen (secondary N) is 1. The maximum atomic E-state index is 12.2. The van der Waals surface area contributed by atoms with Crippen LogP contribution in [0.4, 0.5) is 0 Å². The maximum absolute atomic E-state index is 12.2. The van der Waals surface area contributed by atoms with Gasteiger partial charge < -0.3 is 15.2 Å². The minimum atomic E-state index is -0.312. The van der Waals surface area contributed by atoms with Gasteiger partial charge in [0.1, 0.15) is 0 Å². The molecule has 0 aliphatic carbocycles. The number of aliphatic hydroxyl groups excluding tert-OH is 1. The normalized spacial score (nSPS) is 17.5. The van der Waals surface area contributed by atoms with Crippen LogP contribution < -0.4 is 5.32 Å². The summed E-state index contributed by atoms with van der Waals surface area (Å²) in [4.78, 5) is 14.4. The van der Waals surface area contributed by atoms with Gasteiger partial charge in [0, 0.05) is 19.6 Å². The highest BCUT2D eigenvalue weighted by Gasteiger charge is 2.19. The zero-order valence-electron chi connectivity index (χ0n) is 12.1. The number of morpholine rings is 1. The number of benzene rings is 1. The van der Waals surface area contributed by atoms with E-state index in [0.717, 1.165) is 18.7 Å². The molecule has 1 aromatic rings. The third-order valence-corrected chi connectivity index (χ3v) is 3.82. The van der Waals surface area contributed by atoms with Crippen molar-refractivity contribution in [3.05, 3.63) is 34.3 Å². The molecule has 1 aliphatic rings. The Kier molecular flexibility index (Phi) is 5.99. The van der Waals surface area contributed by atoms with Crippen LogP contribution in [0.25, 0.3) is 0 Å². The number of halogens is 1. The highest BCUT2D eigenvalue weighted by Crippen LogP contribution is 2.17. The predicted octanol–water partition coefficient (Wildman–Crippen LogP) is 1.07. The third-order valence-electron chi connectivity index (χ3n) is 3.51. The van der Waals surface area contributed by atoms with Gasteiger partial charge in [0.05, 0.1) is 36.4 Å². The summed E-state index contributed by atoms with van der Waals surface area (Å²) in [6.45, 7) is 5.44. The fourth-order valence-electron chi connectivity index (χ4n) is 2.31. The second kappa shape index (κ2) is 7.75. The number of nitrogens with zero attached hydrogens (tertiary/aromatic N) is 1. The summed E-state index contributed by atoms with van der Waals surface area (Å²) >= 11 is 6.09. The molecule has 0 saturated carbocycles. The van der Waals surface area contributed by atoms with Crippen LogP contribution in [0.5, 0.6) is 0 Å². The van der Waals surface area contributed by atoms with Crippen LogP contribution in [0, 0.1) is 6.92 Å². The lowest BCUT2D eigenvalue weighted by Gasteiger charge is -2.30. The first-order chi connectivity index (χ1) is 10.1. The molecule has 5 nitrogen and oxygen atoms in total. The van der Waals surface area contributed by atoms with Gasteiger partial charge in [-0.05, 0) is 24.6 Å². The Morgan fingerprint density at radius 2 is 2.19 bits per heavy atom. The number of ether oxygens (including phenoxy) is 1. The summed E-state index contributed by atoms with van der Waals surface area (Å²) in [5.74, 6) is -0.257. The molecule has 0 radical (unpaired) electrons. The maximum Gasteiger partial charge on any atom is 0.253 e. The standard InChI is InChI=1S/C15H21ClN2O3/c1-11-2-3-13(14(16)8-11)15(20)17-12(10-19)9-18-4-6-21-7-5-18/h2-3,8,12,19H,4-7,9-10H2,1H3,(H,17,20)/t12-/m1/s1. The van der Waals surface area contributed by atoms with Crippen LogP contribution in [-0.2, 0) is 4.74 Å². The van der Waals surface area contributed by atoms with Crippen molar-refractivity contribution in [1.29, 1.82) is 0 Å². The highest BCUT2D eigenvalue weighted by molar-refractivity contribution is 6.33. The first kappa shape index (κ1) is 16.2. The molecule has 1 aromatic carbocycles. The van der Waals surface area contributed by atoms with E-state index in [1.807, 2.05) is 13.0 Å². The molecule has 0 unspecified atom stereocenters. The average Bonchev–Trinajstić information content (AvgIpc) is 2.47. The van der Waals surface area contributed by atoms with Gasteiger partial charge in [0.15, 0.2) is 0 Å². The van der Waals surface area contributed by atoms with Crippen LogP contribution in [0.3, 0.4) is 0 Å². The Bertz CT molecular complexity index is 490. The van der Waals surface area contributed by atoms with Gasteiger partial charge in [0.2, 0.25) is 0 Å². The quantitative estimate of drug-likeness (QED) is 0.854. The SMILES string of the molecule is Cc1ccc(C(=O)N[C@@H](CO)CN2CCOCC2)c(Cl)c1. The minimum absolute atomic E-state index is 0.105. The second-order valence-electron chi connectivity index (χ2n) is 5.25. The third kappa shape index (κ3) is 4.68. The van der Waals surface area contributed by atoms with Crippen LogP contribution in [0.2, 0.25) is 5.02 Å². The molecule has 6 heteroatoms. The van der Waals surface area contributed by atoms with Gasteiger partial charge in [-0.15, -0.1) is 0 Å². The van der Waals surface area contributed by atoms with Crippen molar-refractivity contribution >= 4 is 17.5 Å². The highest BCUT2D eigenvalue weighted by atomic mass is 35.5. The number of amides is 1. The molecular weight excluding hydrogens is 292 g/mol. The Labute approximate surface area is 129 Å². The Morgan fingerprint density at radius 3 is 2.81 bits per heavy atom. The van der Waals surface area contributed by atoms with Gasteiger partial charge in [-0.25, -0.2) is 0 Å². The van der Waals surface area contributed by atoms with Crippen molar-refractivity contribution in [2.45, 2.75) is 13.0 Å². The molecular formula is C15H21ClN2O3. The van der Waals surface area contributed by atoms with Gasteiger partial charge in [-0.3, -0.25) is 9.69 Å². The van der Waals surface area contributed by atoms with E-state index < -0.39 is 0 Å².